The second-order valence-electron chi connectivity index (χ2n) is 6.59. The number of hydrogen-bond acceptors (Lipinski definition) is 3. The molecule has 1 aliphatic heterocycles. The minimum atomic E-state index is 0.193. The van der Waals surface area contributed by atoms with Crippen LogP contribution in [0.1, 0.15) is 33.6 Å². The lowest BCUT2D eigenvalue weighted by Gasteiger charge is -2.40. The van der Waals surface area contributed by atoms with Gasteiger partial charge in [0, 0.05) is 31.7 Å². The predicted molar refractivity (Wildman–Crippen MR) is 68.5 cm³/mol. The Labute approximate surface area is 100 Å². The van der Waals surface area contributed by atoms with Crippen molar-refractivity contribution in [2.24, 2.45) is 16.6 Å². The maximum absolute atomic E-state index is 5.94. The largest absolute Gasteiger partial charge is 0.381 e. The third-order valence-electron chi connectivity index (χ3n) is 3.19. The van der Waals surface area contributed by atoms with Gasteiger partial charge in [-0.25, -0.2) is 0 Å². The molecule has 0 aromatic heterocycles. The standard InChI is InChI=1S/C13H28N2O/c1-12(2,3)9-15(4)10-13(8-14)6-5-7-16-11-13/h5-11,14H2,1-4H3. The van der Waals surface area contributed by atoms with E-state index >= 15 is 0 Å². The van der Waals surface area contributed by atoms with Crippen LogP contribution < -0.4 is 5.73 Å². The summed E-state index contributed by atoms with van der Waals surface area (Å²) < 4.78 is 5.60. The molecule has 3 nitrogen and oxygen atoms in total. The van der Waals surface area contributed by atoms with Crippen LogP contribution in [0.2, 0.25) is 0 Å². The summed E-state index contributed by atoms with van der Waals surface area (Å²) in [7, 11) is 2.19. The van der Waals surface area contributed by atoms with Gasteiger partial charge in [0.05, 0.1) is 6.61 Å². The summed E-state index contributed by atoms with van der Waals surface area (Å²) in [5.74, 6) is 0. The molecule has 0 radical (unpaired) electrons. The van der Waals surface area contributed by atoms with Crippen molar-refractivity contribution in [1.82, 2.24) is 4.90 Å². The molecule has 0 spiro atoms. The van der Waals surface area contributed by atoms with Gasteiger partial charge >= 0.3 is 0 Å². The SMILES string of the molecule is CN(CC(C)(C)C)CC1(CN)CCCOC1. The molecule has 0 bridgehead atoms. The van der Waals surface area contributed by atoms with E-state index < -0.39 is 0 Å². The zero-order chi connectivity index (χ0) is 12.2. The second-order valence-corrected chi connectivity index (χ2v) is 6.59. The average molecular weight is 228 g/mol. The van der Waals surface area contributed by atoms with E-state index in [4.69, 9.17) is 10.5 Å². The van der Waals surface area contributed by atoms with Crippen LogP contribution in [0.3, 0.4) is 0 Å². The fourth-order valence-electron chi connectivity index (χ4n) is 2.70. The van der Waals surface area contributed by atoms with Crippen molar-refractivity contribution in [2.75, 3.05) is 39.9 Å². The summed E-state index contributed by atoms with van der Waals surface area (Å²) in [6.45, 7) is 11.5. The van der Waals surface area contributed by atoms with Gasteiger partial charge in [0.15, 0.2) is 0 Å². The smallest absolute Gasteiger partial charge is 0.0546 e. The molecule has 96 valence electrons. The lowest BCUT2D eigenvalue weighted by Crippen LogP contribution is -2.48. The monoisotopic (exact) mass is 228 g/mol. The summed E-state index contributed by atoms with van der Waals surface area (Å²) in [6.07, 6.45) is 2.36. The number of nitrogens with two attached hydrogens (primary N) is 1. The van der Waals surface area contributed by atoms with Crippen LogP contribution in [-0.2, 0) is 4.74 Å². The maximum atomic E-state index is 5.94. The molecule has 0 saturated carbocycles. The molecule has 1 fully saturated rings. The Morgan fingerprint density at radius 1 is 1.38 bits per heavy atom. The molecule has 1 heterocycles. The van der Waals surface area contributed by atoms with Crippen molar-refractivity contribution in [3.8, 4) is 0 Å². The highest BCUT2D eigenvalue weighted by molar-refractivity contribution is 4.86. The highest BCUT2D eigenvalue weighted by atomic mass is 16.5. The van der Waals surface area contributed by atoms with Crippen LogP contribution >= 0.6 is 0 Å². The summed E-state index contributed by atoms with van der Waals surface area (Å²) in [5, 5.41) is 0. The van der Waals surface area contributed by atoms with Gasteiger partial charge in [-0.2, -0.15) is 0 Å². The third kappa shape index (κ3) is 4.40. The van der Waals surface area contributed by atoms with Gasteiger partial charge in [0.2, 0.25) is 0 Å². The lowest BCUT2D eigenvalue weighted by atomic mass is 9.81. The molecular formula is C13H28N2O. The molecule has 1 saturated heterocycles. The zero-order valence-corrected chi connectivity index (χ0v) is 11.4. The first kappa shape index (κ1) is 13.9. The van der Waals surface area contributed by atoms with Crippen LogP contribution in [0, 0.1) is 10.8 Å². The first-order valence-corrected chi connectivity index (χ1v) is 6.33. The number of nitrogens with zero attached hydrogens (tertiary/aromatic N) is 1. The Hall–Kier alpha value is -0.120. The van der Waals surface area contributed by atoms with Crippen LogP contribution in [-0.4, -0.2) is 44.8 Å². The summed E-state index contributed by atoms with van der Waals surface area (Å²) in [4.78, 5) is 2.40. The molecule has 3 heteroatoms. The second kappa shape index (κ2) is 5.48. The Morgan fingerprint density at radius 2 is 2.06 bits per heavy atom. The van der Waals surface area contributed by atoms with E-state index in [0.717, 1.165) is 39.3 Å². The fraction of sp³-hybridized carbons (Fsp3) is 1.00. The predicted octanol–water partition coefficient (Wildman–Crippen LogP) is 1.72. The molecule has 0 aromatic carbocycles. The Balaban J connectivity index is 2.48. The quantitative estimate of drug-likeness (QED) is 0.796. The van der Waals surface area contributed by atoms with Gasteiger partial charge in [-0.3, -0.25) is 0 Å². The van der Waals surface area contributed by atoms with E-state index in [1.165, 1.54) is 6.42 Å². The summed E-state index contributed by atoms with van der Waals surface area (Å²) in [6, 6.07) is 0. The average Bonchev–Trinajstić information content (AvgIpc) is 2.16. The van der Waals surface area contributed by atoms with Gasteiger partial charge in [-0.05, 0) is 25.3 Å². The van der Waals surface area contributed by atoms with E-state index in [9.17, 15) is 0 Å². The maximum Gasteiger partial charge on any atom is 0.0546 e. The fourth-order valence-corrected chi connectivity index (χ4v) is 2.70. The zero-order valence-electron chi connectivity index (χ0n) is 11.4. The van der Waals surface area contributed by atoms with Gasteiger partial charge in [0.25, 0.3) is 0 Å². The molecule has 16 heavy (non-hydrogen) atoms. The summed E-state index contributed by atoms with van der Waals surface area (Å²) >= 11 is 0. The molecule has 1 aliphatic rings. The molecule has 0 aromatic rings. The van der Waals surface area contributed by atoms with Crippen LogP contribution in [0.5, 0.6) is 0 Å². The Bertz CT molecular complexity index is 204. The van der Waals surface area contributed by atoms with E-state index in [1.54, 1.807) is 0 Å². The topological polar surface area (TPSA) is 38.5 Å². The van der Waals surface area contributed by atoms with Crippen LogP contribution in [0.25, 0.3) is 0 Å². The first-order chi connectivity index (χ1) is 7.37. The van der Waals surface area contributed by atoms with Gasteiger partial charge < -0.3 is 15.4 Å². The molecule has 0 aliphatic carbocycles. The lowest BCUT2D eigenvalue weighted by molar-refractivity contribution is -0.0216. The van der Waals surface area contributed by atoms with E-state index in [2.05, 4.69) is 32.7 Å². The van der Waals surface area contributed by atoms with Crippen molar-refractivity contribution in [2.45, 2.75) is 33.6 Å². The van der Waals surface area contributed by atoms with E-state index in [-0.39, 0.29) is 5.41 Å². The van der Waals surface area contributed by atoms with E-state index in [1.807, 2.05) is 0 Å². The van der Waals surface area contributed by atoms with Gasteiger partial charge in [-0.15, -0.1) is 0 Å². The van der Waals surface area contributed by atoms with Crippen molar-refractivity contribution < 1.29 is 4.74 Å². The molecule has 1 atom stereocenters. The minimum absolute atomic E-state index is 0.193. The molecule has 1 unspecified atom stereocenters. The first-order valence-electron chi connectivity index (χ1n) is 6.33. The van der Waals surface area contributed by atoms with Gasteiger partial charge in [0.1, 0.15) is 0 Å². The van der Waals surface area contributed by atoms with Crippen LogP contribution in [0.4, 0.5) is 0 Å². The number of ether oxygens (including phenoxy) is 1. The highest BCUT2D eigenvalue weighted by Crippen LogP contribution is 2.29. The molecular weight excluding hydrogens is 200 g/mol. The van der Waals surface area contributed by atoms with Crippen LogP contribution in [0.15, 0.2) is 0 Å². The third-order valence-corrected chi connectivity index (χ3v) is 3.19. The Kier molecular flexibility index (Phi) is 4.77. The molecule has 2 N–H and O–H groups in total. The number of rotatable bonds is 4. The normalized spacial score (nSPS) is 27.4. The summed E-state index contributed by atoms with van der Waals surface area (Å²) in [5.41, 5.74) is 6.48. The van der Waals surface area contributed by atoms with E-state index in [0.29, 0.717) is 5.41 Å². The van der Waals surface area contributed by atoms with Crippen molar-refractivity contribution in [3.63, 3.8) is 0 Å². The number of hydrogen-bond donors (Lipinski definition) is 1. The highest BCUT2D eigenvalue weighted by Gasteiger charge is 2.33. The molecule has 1 rings (SSSR count). The van der Waals surface area contributed by atoms with Crippen molar-refractivity contribution >= 4 is 0 Å². The van der Waals surface area contributed by atoms with Gasteiger partial charge in [-0.1, -0.05) is 20.8 Å². The minimum Gasteiger partial charge on any atom is -0.381 e. The molecule has 0 amide bonds. The van der Waals surface area contributed by atoms with Crippen molar-refractivity contribution in [3.05, 3.63) is 0 Å². The van der Waals surface area contributed by atoms with Crippen molar-refractivity contribution in [1.29, 1.82) is 0 Å². The Morgan fingerprint density at radius 3 is 2.50 bits per heavy atom.